The molecule has 1 heterocycles. The number of carboxylic acids is 1. The first-order valence-corrected chi connectivity index (χ1v) is 6.50. The first kappa shape index (κ1) is 14.3. The number of aryl methyl sites for hydroxylation is 1. The van der Waals surface area contributed by atoms with Crippen LogP contribution in [0.15, 0.2) is 24.3 Å². The molecule has 0 bridgehead atoms. The van der Waals surface area contributed by atoms with Crippen molar-refractivity contribution in [3.05, 3.63) is 29.8 Å². The van der Waals surface area contributed by atoms with E-state index in [1.165, 1.54) is 4.90 Å². The second kappa shape index (κ2) is 6.38. The number of anilines is 1. The van der Waals surface area contributed by atoms with Crippen molar-refractivity contribution in [2.24, 2.45) is 0 Å². The Bertz CT molecular complexity index is 486. The molecule has 6 nitrogen and oxygen atoms in total. The number of carbonyl (C=O) groups excluding carboxylic acids is 1. The Morgan fingerprint density at radius 2 is 2.10 bits per heavy atom. The lowest BCUT2D eigenvalue weighted by molar-refractivity contribution is -0.139. The highest BCUT2D eigenvalue weighted by Gasteiger charge is 2.29. The fourth-order valence-electron chi connectivity index (χ4n) is 2.13. The van der Waals surface area contributed by atoms with Gasteiger partial charge in [0.1, 0.15) is 0 Å². The fraction of sp³-hybridized carbons (Fsp3) is 0.429. The summed E-state index contributed by atoms with van der Waals surface area (Å²) in [6.07, 6.45) is -0.110. The van der Waals surface area contributed by atoms with Gasteiger partial charge in [-0.15, -0.1) is 0 Å². The Balaban J connectivity index is 2.01. The van der Waals surface area contributed by atoms with Gasteiger partial charge in [0.15, 0.2) is 0 Å². The molecule has 20 heavy (non-hydrogen) atoms. The first-order valence-electron chi connectivity index (χ1n) is 6.50. The van der Waals surface area contributed by atoms with E-state index in [0.717, 1.165) is 5.56 Å². The van der Waals surface area contributed by atoms with Gasteiger partial charge in [0, 0.05) is 12.2 Å². The molecule has 1 aliphatic rings. The Labute approximate surface area is 117 Å². The molecule has 108 valence electrons. The largest absolute Gasteiger partial charge is 0.481 e. The van der Waals surface area contributed by atoms with Crippen LogP contribution in [0.3, 0.4) is 0 Å². The molecule has 1 aliphatic heterocycles. The van der Waals surface area contributed by atoms with Gasteiger partial charge in [-0.2, -0.15) is 0 Å². The number of carbonyl (C=O) groups is 2. The van der Waals surface area contributed by atoms with Crippen LogP contribution in [0.1, 0.15) is 12.0 Å². The lowest BCUT2D eigenvalue weighted by Crippen LogP contribution is -2.51. The van der Waals surface area contributed by atoms with Gasteiger partial charge >= 0.3 is 12.0 Å². The van der Waals surface area contributed by atoms with Gasteiger partial charge in [-0.05, 0) is 19.1 Å². The second-order valence-corrected chi connectivity index (χ2v) is 4.82. The average Bonchev–Trinajstić information content (AvgIpc) is 2.41. The highest BCUT2D eigenvalue weighted by molar-refractivity contribution is 5.90. The van der Waals surface area contributed by atoms with Gasteiger partial charge < -0.3 is 20.1 Å². The molecule has 2 rings (SSSR count). The molecule has 1 aromatic carbocycles. The number of rotatable bonds is 3. The Morgan fingerprint density at radius 3 is 2.75 bits per heavy atom. The van der Waals surface area contributed by atoms with Crippen molar-refractivity contribution in [1.82, 2.24) is 4.90 Å². The van der Waals surface area contributed by atoms with E-state index in [0.29, 0.717) is 18.8 Å². The number of ether oxygens (including phenoxy) is 1. The molecule has 1 saturated heterocycles. The number of nitrogens with one attached hydrogen (secondary N) is 1. The smallest absolute Gasteiger partial charge is 0.322 e. The summed E-state index contributed by atoms with van der Waals surface area (Å²) >= 11 is 0. The number of carboxylic acid groups (broad SMARTS) is 1. The van der Waals surface area contributed by atoms with E-state index in [1.54, 1.807) is 0 Å². The molecule has 2 amide bonds. The number of nitrogens with zero attached hydrogens (tertiary/aromatic N) is 1. The molecule has 0 aromatic heterocycles. The van der Waals surface area contributed by atoms with Crippen LogP contribution >= 0.6 is 0 Å². The number of benzene rings is 1. The molecule has 1 fully saturated rings. The van der Waals surface area contributed by atoms with Crippen LogP contribution < -0.4 is 5.32 Å². The van der Waals surface area contributed by atoms with Crippen molar-refractivity contribution >= 4 is 17.7 Å². The van der Waals surface area contributed by atoms with E-state index in [9.17, 15) is 9.59 Å². The van der Waals surface area contributed by atoms with Crippen molar-refractivity contribution in [3.8, 4) is 0 Å². The molecule has 1 aromatic rings. The van der Waals surface area contributed by atoms with Crippen LogP contribution in [0.4, 0.5) is 10.5 Å². The van der Waals surface area contributed by atoms with E-state index in [2.05, 4.69) is 5.32 Å². The van der Waals surface area contributed by atoms with Gasteiger partial charge in [-0.1, -0.05) is 17.7 Å². The second-order valence-electron chi connectivity index (χ2n) is 4.82. The minimum Gasteiger partial charge on any atom is -0.481 e. The third-order valence-corrected chi connectivity index (χ3v) is 3.20. The van der Waals surface area contributed by atoms with E-state index in [4.69, 9.17) is 9.84 Å². The number of morpholine rings is 1. The maximum atomic E-state index is 12.2. The van der Waals surface area contributed by atoms with Gasteiger partial charge in [0.25, 0.3) is 0 Å². The number of hydrogen-bond acceptors (Lipinski definition) is 3. The molecule has 0 aliphatic carbocycles. The maximum absolute atomic E-state index is 12.2. The van der Waals surface area contributed by atoms with Crippen molar-refractivity contribution in [2.75, 3.05) is 25.1 Å². The third kappa shape index (κ3) is 3.71. The fourth-order valence-corrected chi connectivity index (χ4v) is 2.13. The zero-order valence-electron chi connectivity index (χ0n) is 11.3. The predicted octanol–water partition coefficient (Wildman–Crippen LogP) is 1.70. The van der Waals surface area contributed by atoms with Crippen molar-refractivity contribution < 1.29 is 19.4 Å². The van der Waals surface area contributed by atoms with Gasteiger partial charge in [-0.3, -0.25) is 4.79 Å². The molecule has 1 atom stereocenters. The zero-order chi connectivity index (χ0) is 14.5. The molecule has 2 N–H and O–H groups in total. The summed E-state index contributed by atoms with van der Waals surface area (Å²) < 4.78 is 5.24. The molecule has 0 radical (unpaired) electrons. The SMILES string of the molecule is Cc1ccc(NC(=O)N2CCOCC2CC(=O)O)cc1. The quantitative estimate of drug-likeness (QED) is 0.882. The summed E-state index contributed by atoms with van der Waals surface area (Å²) in [6.45, 7) is 3.05. The van der Waals surface area contributed by atoms with Crippen molar-refractivity contribution in [1.29, 1.82) is 0 Å². The molecule has 0 spiro atoms. The van der Waals surface area contributed by atoms with Gasteiger partial charge in [0.05, 0.1) is 25.7 Å². The highest BCUT2D eigenvalue weighted by Crippen LogP contribution is 2.14. The van der Waals surface area contributed by atoms with Gasteiger partial charge in [0.2, 0.25) is 0 Å². The standard InChI is InChI=1S/C14H18N2O4/c1-10-2-4-11(5-3-10)15-14(19)16-6-7-20-9-12(16)8-13(17)18/h2-5,12H,6-9H2,1H3,(H,15,19)(H,17,18). The summed E-state index contributed by atoms with van der Waals surface area (Å²) in [5.41, 5.74) is 1.80. The first-order chi connectivity index (χ1) is 9.56. The minimum absolute atomic E-state index is 0.110. The molecular formula is C14H18N2O4. The van der Waals surface area contributed by atoms with E-state index < -0.39 is 12.0 Å². The predicted molar refractivity (Wildman–Crippen MR) is 73.8 cm³/mol. The molecule has 0 saturated carbocycles. The summed E-state index contributed by atoms with van der Waals surface area (Å²) in [4.78, 5) is 24.6. The van der Waals surface area contributed by atoms with E-state index in [-0.39, 0.29) is 19.1 Å². The Kier molecular flexibility index (Phi) is 4.57. The highest BCUT2D eigenvalue weighted by atomic mass is 16.5. The summed E-state index contributed by atoms with van der Waals surface area (Å²) in [7, 11) is 0. The van der Waals surface area contributed by atoms with E-state index >= 15 is 0 Å². The van der Waals surface area contributed by atoms with Crippen LogP contribution in [-0.4, -0.2) is 47.8 Å². The van der Waals surface area contributed by atoms with Crippen LogP contribution in [0, 0.1) is 6.92 Å². The average molecular weight is 278 g/mol. The summed E-state index contributed by atoms with van der Waals surface area (Å²) in [5.74, 6) is -0.936. The number of urea groups is 1. The van der Waals surface area contributed by atoms with Crippen molar-refractivity contribution in [3.63, 3.8) is 0 Å². The topological polar surface area (TPSA) is 78.9 Å². The summed E-state index contributed by atoms with van der Waals surface area (Å²) in [5, 5.41) is 11.7. The molecular weight excluding hydrogens is 260 g/mol. The summed E-state index contributed by atoms with van der Waals surface area (Å²) in [6, 6.07) is 6.74. The molecule has 1 unspecified atom stereocenters. The number of amides is 2. The number of hydrogen-bond donors (Lipinski definition) is 2. The monoisotopic (exact) mass is 278 g/mol. The Morgan fingerprint density at radius 1 is 1.40 bits per heavy atom. The zero-order valence-corrected chi connectivity index (χ0v) is 11.3. The van der Waals surface area contributed by atoms with Crippen LogP contribution in [0.5, 0.6) is 0 Å². The number of aliphatic carboxylic acids is 1. The lowest BCUT2D eigenvalue weighted by atomic mass is 10.1. The maximum Gasteiger partial charge on any atom is 0.322 e. The van der Waals surface area contributed by atoms with Crippen LogP contribution in [0.2, 0.25) is 0 Å². The van der Waals surface area contributed by atoms with E-state index in [1.807, 2.05) is 31.2 Å². The van der Waals surface area contributed by atoms with Gasteiger partial charge in [-0.25, -0.2) is 4.79 Å². The molecule has 6 heteroatoms. The van der Waals surface area contributed by atoms with Crippen LogP contribution in [-0.2, 0) is 9.53 Å². The van der Waals surface area contributed by atoms with Crippen molar-refractivity contribution in [2.45, 2.75) is 19.4 Å². The Hall–Kier alpha value is -2.08. The lowest BCUT2D eigenvalue weighted by Gasteiger charge is -2.34. The normalized spacial score (nSPS) is 18.6. The minimum atomic E-state index is -0.936. The third-order valence-electron chi connectivity index (χ3n) is 3.20. The van der Waals surface area contributed by atoms with Crippen LogP contribution in [0.25, 0.3) is 0 Å².